The minimum absolute atomic E-state index is 0.0500. The highest BCUT2D eigenvalue weighted by atomic mass is 16.4. The number of aliphatic hydroxyl groups excluding tert-OH is 1. The van der Waals surface area contributed by atoms with Gasteiger partial charge in [-0.05, 0) is 26.2 Å². The molecule has 0 aromatic heterocycles. The lowest BCUT2D eigenvalue weighted by molar-refractivity contribution is -0.138. The molecule has 1 heterocycles. The number of carbonyl (C=O) groups excluding carboxylic acids is 1. The van der Waals surface area contributed by atoms with Crippen LogP contribution in [0.2, 0.25) is 0 Å². The first kappa shape index (κ1) is 15.8. The second-order valence-corrected chi connectivity index (χ2v) is 5.29. The van der Waals surface area contributed by atoms with E-state index in [9.17, 15) is 14.7 Å². The van der Waals surface area contributed by atoms with Gasteiger partial charge in [-0.2, -0.15) is 0 Å². The number of carboxylic acids is 1. The number of hydrogen-bond acceptors (Lipinski definition) is 3. The number of likely N-dealkylation sites (tertiary alicyclic amines) is 1. The van der Waals surface area contributed by atoms with Crippen molar-refractivity contribution >= 4 is 12.0 Å². The van der Waals surface area contributed by atoms with E-state index >= 15 is 0 Å². The maximum Gasteiger partial charge on any atom is 0.320 e. The van der Waals surface area contributed by atoms with Gasteiger partial charge in [0.15, 0.2) is 0 Å². The second-order valence-electron chi connectivity index (χ2n) is 5.29. The van der Waals surface area contributed by atoms with E-state index in [2.05, 4.69) is 0 Å². The first-order chi connectivity index (χ1) is 8.86. The van der Waals surface area contributed by atoms with Gasteiger partial charge in [-0.3, -0.25) is 4.79 Å². The number of amides is 2. The van der Waals surface area contributed by atoms with E-state index < -0.39 is 5.97 Å². The fourth-order valence-electron chi connectivity index (χ4n) is 2.49. The molecule has 3 unspecified atom stereocenters. The number of urea groups is 1. The Morgan fingerprint density at radius 2 is 2.11 bits per heavy atom. The van der Waals surface area contributed by atoms with Crippen LogP contribution < -0.4 is 0 Å². The summed E-state index contributed by atoms with van der Waals surface area (Å²) in [4.78, 5) is 26.4. The molecule has 3 atom stereocenters. The third kappa shape index (κ3) is 4.09. The van der Waals surface area contributed by atoms with Crippen LogP contribution in [0.5, 0.6) is 0 Å². The number of rotatable bonds is 4. The SMILES string of the molecule is CCN(C(=O)N1CCC(O)C(C)C1)C(C)CC(=O)O. The van der Waals surface area contributed by atoms with Gasteiger partial charge in [-0.1, -0.05) is 6.92 Å². The van der Waals surface area contributed by atoms with Gasteiger partial charge in [0.2, 0.25) is 0 Å². The predicted molar refractivity (Wildman–Crippen MR) is 70.9 cm³/mol. The number of carbonyl (C=O) groups is 2. The van der Waals surface area contributed by atoms with Crippen molar-refractivity contribution in [1.29, 1.82) is 0 Å². The molecule has 0 spiro atoms. The van der Waals surface area contributed by atoms with Crippen molar-refractivity contribution in [2.45, 2.75) is 45.8 Å². The van der Waals surface area contributed by atoms with E-state index in [-0.39, 0.29) is 30.5 Å². The van der Waals surface area contributed by atoms with Crippen LogP contribution in [0.4, 0.5) is 4.79 Å². The summed E-state index contributed by atoms with van der Waals surface area (Å²) >= 11 is 0. The number of piperidine rings is 1. The molecule has 0 aliphatic carbocycles. The molecule has 0 aromatic carbocycles. The van der Waals surface area contributed by atoms with Crippen molar-refractivity contribution in [3.63, 3.8) is 0 Å². The Hall–Kier alpha value is -1.30. The lowest BCUT2D eigenvalue weighted by Gasteiger charge is -2.39. The van der Waals surface area contributed by atoms with Gasteiger partial charge in [-0.25, -0.2) is 4.79 Å². The van der Waals surface area contributed by atoms with Crippen LogP contribution >= 0.6 is 0 Å². The van der Waals surface area contributed by atoms with E-state index in [0.717, 1.165) is 0 Å². The highest BCUT2D eigenvalue weighted by Gasteiger charge is 2.31. The number of hydrogen-bond donors (Lipinski definition) is 2. The summed E-state index contributed by atoms with van der Waals surface area (Å²) in [6.45, 7) is 7.05. The molecule has 1 aliphatic rings. The van der Waals surface area contributed by atoms with Crippen LogP contribution in [0.15, 0.2) is 0 Å². The molecule has 2 N–H and O–H groups in total. The number of nitrogens with zero attached hydrogens (tertiary/aromatic N) is 2. The molecule has 6 heteroatoms. The molecule has 19 heavy (non-hydrogen) atoms. The fraction of sp³-hybridized carbons (Fsp3) is 0.846. The maximum absolute atomic E-state index is 12.4. The summed E-state index contributed by atoms with van der Waals surface area (Å²) in [6, 6.07) is -0.452. The molecular weight excluding hydrogens is 248 g/mol. The van der Waals surface area contributed by atoms with Crippen molar-refractivity contribution in [3.8, 4) is 0 Å². The Morgan fingerprint density at radius 1 is 1.47 bits per heavy atom. The number of aliphatic hydroxyl groups is 1. The van der Waals surface area contributed by atoms with Crippen LogP contribution in [0.1, 0.15) is 33.6 Å². The predicted octanol–water partition coefficient (Wildman–Crippen LogP) is 0.994. The first-order valence-electron chi connectivity index (χ1n) is 6.82. The fourth-order valence-corrected chi connectivity index (χ4v) is 2.49. The molecule has 110 valence electrons. The first-order valence-corrected chi connectivity index (χ1v) is 6.82. The Bertz CT molecular complexity index is 335. The van der Waals surface area contributed by atoms with Crippen molar-refractivity contribution in [2.24, 2.45) is 5.92 Å². The molecule has 6 nitrogen and oxygen atoms in total. The van der Waals surface area contributed by atoms with E-state index in [4.69, 9.17) is 5.11 Å². The number of aliphatic carboxylic acids is 1. The maximum atomic E-state index is 12.4. The second kappa shape index (κ2) is 6.75. The van der Waals surface area contributed by atoms with Crippen LogP contribution in [0, 0.1) is 5.92 Å². The monoisotopic (exact) mass is 272 g/mol. The molecule has 0 radical (unpaired) electrons. The summed E-state index contributed by atoms with van der Waals surface area (Å²) in [5, 5.41) is 18.5. The zero-order valence-corrected chi connectivity index (χ0v) is 11.9. The van der Waals surface area contributed by atoms with E-state index in [1.54, 1.807) is 16.7 Å². The third-order valence-electron chi connectivity index (χ3n) is 3.72. The largest absolute Gasteiger partial charge is 0.481 e. The highest BCUT2D eigenvalue weighted by Crippen LogP contribution is 2.19. The van der Waals surface area contributed by atoms with E-state index in [0.29, 0.717) is 26.1 Å². The molecular formula is C13H24N2O4. The van der Waals surface area contributed by atoms with Crippen molar-refractivity contribution in [3.05, 3.63) is 0 Å². The lowest BCUT2D eigenvalue weighted by Crippen LogP contribution is -2.52. The lowest BCUT2D eigenvalue weighted by atomic mass is 9.97. The van der Waals surface area contributed by atoms with Crippen LogP contribution in [-0.4, -0.2) is 63.8 Å². The van der Waals surface area contributed by atoms with Crippen LogP contribution in [0.25, 0.3) is 0 Å². The molecule has 0 aromatic rings. The van der Waals surface area contributed by atoms with Gasteiger partial charge in [0.1, 0.15) is 0 Å². The van der Waals surface area contributed by atoms with Gasteiger partial charge in [-0.15, -0.1) is 0 Å². The van der Waals surface area contributed by atoms with Gasteiger partial charge in [0.05, 0.1) is 12.5 Å². The van der Waals surface area contributed by atoms with Gasteiger partial charge in [0, 0.05) is 25.7 Å². The Labute approximate surface area is 114 Å². The minimum atomic E-state index is -0.902. The average Bonchev–Trinajstić information content (AvgIpc) is 2.32. The zero-order valence-electron chi connectivity index (χ0n) is 11.9. The Morgan fingerprint density at radius 3 is 2.58 bits per heavy atom. The van der Waals surface area contributed by atoms with Crippen LogP contribution in [0.3, 0.4) is 0 Å². The topological polar surface area (TPSA) is 81.1 Å². The van der Waals surface area contributed by atoms with Gasteiger partial charge >= 0.3 is 12.0 Å². The average molecular weight is 272 g/mol. The van der Waals surface area contributed by atoms with Crippen molar-refractivity contribution < 1.29 is 19.8 Å². The molecule has 1 rings (SSSR count). The van der Waals surface area contributed by atoms with E-state index in [1.807, 2.05) is 13.8 Å². The van der Waals surface area contributed by atoms with Gasteiger partial charge < -0.3 is 20.0 Å². The Balaban J connectivity index is 2.65. The normalized spacial score (nSPS) is 24.9. The third-order valence-corrected chi connectivity index (χ3v) is 3.72. The minimum Gasteiger partial charge on any atom is -0.481 e. The summed E-state index contributed by atoms with van der Waals surface area (Å²) in [5.74, 6) is -0.840. The van der Waals surface area contributed by atoms with Crippen molar-refractivity contribution in [1.82, 2.24) is 9.80 Å². The molecule has 2 amide bonds. The molecule has 1 fully saturated rings. The van der Waals surface area contributed by atoms with Crippen molar-refractivity contribution in [2.75, 3.05) is 19.6 Å². The summed E-state index contributed by atoms with van der Waals surface area (Å²) in [7, 11) is 0. The molecule has 0 bridgehead atoms. The summed E-state index contributed by atoms with van der Waals surface area (Å²) in [6.07, 6.45) is 0.180. The molecule has 1 aliphatic heterocycles. The molecule has 1 saturated heterocycles. The quantitative estimate of drug-likeness (QED) is 0.800. The van der Waals surface area contributed by atoms with E-state index in [1.165, 1.54) is 0 Å². The Kier molecular flexibility index (Phi) is 5.60. The summed E-state index contributed by atoms with van der Waals surface area (Å²) in [5.41, 5.74) is 0. The van der Waals surface area contributed by atoms with Gasteiger partial charge in [0.25, 0.3) is 0 Å². The molecule has 0 saturated carbocycles. The smallest absolute Gasteiger partial charge is 0.320 e. The summed E-state index contributed by atoms with van der Waals surface area (Å²) < 4.78 is 0. The standard InChI is InChI=1S/C13H24N2O4/c1-4-15(10(3)7-12(17)18)13(19)14-6-5-11(16)9(2)8-14/h9-11,16H,4-8H2,1-3H3,(H,17,18). The zero-order chi connectivity index (χ0) is 14.6. The number of carboxylic acid groups (broad SMARTS) is 1. The van der Waals surface area contributed by atoms with Crippen LogP contribution in [-0.2, 0) is 4.79 Å². The highest BCUT2D eigenvalue weighted by molar-refractivity contribution is 5.76.